The number of hydrogen-bond donors (Lipinski definition) is 2. The van der Waals surface area contributed by atoms with Crippen molar-refractivity contribution >= 4 is 17.5 Å². The van der Waals surface area contributed by atoms with Gasteiger partial charge in [-0.3, -0.25) is 9.59 Å². The molecule has 0 radical (unpaired) electrons. The fraction of sp³-hybridized carbons (Fsp3) is 0.467. The summed E-state index contributed by atoms with van der Waals surface area (Å²) in [5, 5.41) is 2.61. The number of nitrogens with one attached hydrogen (secondary N) is 1. The van der Waals surface area contributed by atoms with Crippen LogP contribution in [0, 0.1) is 0 Å². The maximum atomic E-state index is 12.4. The van der Waals surface area contributed by atoms with Crippen molar-refractivity contribution in [3.8, 4) is 0 Å². The molecule has 0 bridgehead atoms. The highest BCUT2D eigenvalue weighted by molar-refractivity contribution is 5.91. The predicted molar refractivity (Wildman–Crippen MR) is 82.1 cm³/mol. The minimum absolute atomic E-state index is 0.0592. The molecule has 6 nitrogen and oxygen atoms in total. The second kappa shape index (κ2) is 8.65. The number of carbonyl (C=O) groups excluding carboxylic acids is 2. The number of ether oxygens (including phenoxy) is 1. The van der Waals surface area contributed by atoms with Crippen LogP contribution in [-0.4, -0.2) is 49.7 Å². The Labute approximate surface area is 137 Å². The van der Waals surface area contributed by atoms with E-state index >= 15 is 0 Å². The molecule has 0 saturated heterocycles. The van der Waals surface area contributed by atoms with Gasteiger partial charge in [0.2, 0.25) is 5.91 Å². The van der Waals surface area contributed by atoms with Crippen LogP contribution >= 0.6 is 0 Å². The lowest BCUT2D eigenvalue weighted by molar-refractivity contribution is -0.184. The Morgan fingerprint density at radius 3 is 2.58 bits per heavy atom. The number of methoxy groups -OCH3 is 1. The zero-order chi connectivity index (χ0) is 18.3. The van der Waals surface area contributed by atoms with Gasteiger partial charge in [-0.15, -0.1) is 0 Å². The topological polar surface area (TPSA) is 84.7 Å². The van der Waals surface area contributed by atoms with Gasteiger partial charge in [0.25, 0.3) is 0 Å². The molecule has 0 heterocycles. The van der Waals surface area contributed by atoms with Crippen LogP contribution in [0.4, 0.5) is 18.9 Å². The monoisotopic (exact) mass is 347 g/mol. The number of anilines is 1. The summed E-state index contributed by atoms with van der Waals surface area (Å²) in [6, 6.07) is 6.24. The molecule has 1 aromatic rings. The molecule has 1 rings (SSSR count). The number of hydrogen-bond acceptors (Lipinski definition) is 4. The number of amides is 2. The summed E-state index contributed by atoms with van der Waals surface area (Å²) in [5.41, 5.74) is 6.30. The Morgan fingerprint density at radius 1 is 1.38 bits per heavy atom. The Morgan fingerprint density at radius 2 is 2.04 bits per heavy atom. The van der Waals surface area contributed by atoms with Crippen LogP contribution in [-0.2, 0) is 20.9 Å². The lowest BCUT2D eigenvalue weighted by Gasteiger charge is -2.19. The molecule has 0 aliphatic rings. The first-order valence-electron chi connectivity index (χ1n) is 7.11. The Balaban J connectivity index is 2.70. The van der Waals surface area contributed by atoms with Gasteiger partial charge in [0.15, 0.2) is 0 Å². The third kappa shape index (κ3) is 6.17. The second-order valence-corrected chi connectivity index (χ2v) is 5.21. The van der Waals surface area contributed by atoms with E-state index in [0.717, 1.165) is 7.05 Å². The van der Waals surface area contributed by atoms with Crippen LogP contribution in [0.25, 0.3) is 0 Å². The van der Waals surface area contributed by atoms with Crippen LogP contribution in [0.2, 0.25) is 0 Å². The molecule has 0 saturated carbocycles. The van der Waals surface area contributed by atoms with Crippen LogP contribution < -0.4 is 11.1 Å². The lowest BCUT2D eigenvalue weighted by atomic mass is 10.1. The standard InChI is InChI=1S/C15H20F3N3O3/c1-21(14(23)15(16,17)18)9-10-4-3-5-11(6-10)20-13(22)7-12(8-19)24-2/h3-6,12H,7-9,19H2,1-2H3,(H,20,22). The van der Waals surface area contributed by atoms with Crippen molar-refractivity contribution in [2.24, 2.45) is 5.73 Å². The lowest BCUT2D eigenvalue weighted by Crippen LogP contribution is -2.37. The largest absolute Gasteiger partial charge is 0.471 e. The van der Waals surface area contributed by atoms with Gasteiger partial charge in [-0.05, 0) is 17.7 Å². The first-order valence-corrected chi connectivity index (χ1v) is 7.11. The molecule has 24 heavy (non-hydrogen) atoms. The van der Waals surface area contributed by atoms with E-state index in [2.05, 4.69) is 5.32 Å². The summed E-state index contributed by atoms with van der Waals surface area (Å²) < 4.78 is 42.1. The minimum atomic E-state index is -4.92. The van der Waals surface area contributed by atoms with E-state index in [0.29, 0.717) is 16.2 Å². The molecule has 3 N–H and O–H groups in total. The van der Waals surface area contributed by atoms with Crippen LogP contribution in [0.1, 0.15) is 12.0 Å². The van der Waals surface area contributed by atoms with Crippen LogP contribution in [0.15, 0.2) is 24.3 Å². The van der Waals surface area contributed by atoms with Crippen molar-refractivity contribution in [2.45, 2.75) is 25.2 Å². The number of alkyl halides is 3. The second-order valence-electron chi connectivity index (χ2n) is 5.21. The number of nitrogens with zero attached hydrogens (tertiary/aromatic N) is 1. The van der Waals surface area contributed by atoms with Crippen LogP contribution in [0.5, 0.6) is 0 Å². The van der Waals surface area contributed by atoms with E-state index in [1.165, 1.54) is 13.2 Å². The van der Waals surface area contributed by atoms with Gasteiger partial charge < -0.3 is 20.7 Å². The Kier molecular flexibility index (Phi) is 7.18. The minimum Gasteiger partial charge on any atom is -0.380 e. The van der Waals surface area contributed by atoms with Crippen molar-refractivity contribution in [1.82, 2.24) is 4.90 Å². The zero-order valence-corrected chi connectivity index (χ0v) is 13.4. The Bertz CT molecular complexity index is 575. The molecule has 0 aliphatic carbocycles. The molecule has 1 unspecified atom stereocenters. The predicted octanol–water partition coefficient (Wildman–Crippen LogP) is 1.51. The summed E-state index contributed by atoms with van der Waals surface area (Å²) in [5.74, 6) is -2.26. The molecule has 134 valence electrons. The van der Waals surface area contributed by atoms with Crippen LogP contribution in [0.3, 0.4) is 0 Å². The van der Waals surface area contributed by atoms with E-state index in [9.17, 15) is 22.8 Å². The zero-order valence-electron chi connectivity index (χ0n) is 13.4. The Hall–Kier alpha value is -2.13. The number of rotatable bonds is 7. The molecule has 0 fully saturated rings. The fourth-order valence-corrected chi connectivity index (χ4v) is 1.99. The smallest absolute Gasteiger partial charge is 0.380 e. The van der Waals surface area contributed by atoms with E-state index in [4.69, 9.17) is 10.5 Å². The average Bonchev–Trinajstić information content (AvgIpc) is 2.51. The van der Waals surface area contributed by atoms with Crippen molar-refractivity contribution in [2.75, 3.05) is 26.0 Å². The SMILES string of the molecule is COC(CN)CC(=O)Nc1cccc(CN(C)C(=O)C(F)(F)F)c1. The van der Waals surface area contributed by atoms with Gasteiger partial charge in [-0.25, -0.2) is 0 Å². The summed E-state index contributed by atoms with van der Waals surface area (Å²) >= 11 is 0. The van der Waals surface area contributed by atoms with E-state index in [-0.39, 0.29) is 25.4 Å². The molecule has 1 aromatic carbocycles. The summed E-state index contributed by atoms with van der Waals surface area (Å²) in [4.78, 5) is 23.5. The normalized spacial score (nSPS) is 12.6. The molecular weight excluding hydrogens is 327 g/mol. The number of benzene rings is 1. The van der Waals surface area contributed by atoms with Gasteiger partial charge in [0.05, 0.1) is 12.5 Å². The quantitative estimate of drug-likeness (QED) is 0.783. The van der Waals surface area contributed by atoms with Gasteiger partial charge in [0.1, 0.15) is 0 Å². The van der Waals surface area contributed by atoms with Crippen molar-refractivity contribution in [3.05, 3.63) is 29.8 Å². The van der Waals surface area contributed by atoms with E-state index in [1.54, 1.807) is 18.2 Å². The third-order valence-electron chi connectivity index (χ3n) is 3.23. The van der Waals surface area contributed by atoms with Crippen molar-refractivity contribution in [3.63, 3.8) is 0 Å². The summed E-state index contributed by atoms with van der Waals surface area (Å²) in [7, 11) is 2.50. The molecule has 0 aliphatic heterocycles. The maximum absolute atomic E-state index is 12.4. The summed E-state index contributed by atoms with van der Waals surface area (Å²) in [6.45, 7) is -0.0418. The summed E-state index contributed by atoms with van der Waals surface area (Å²) in [6.07, 6.45) is -5.27. The van der Waals surface area contributed by atoms with Crippen molar-refractivity contribution < 1.29 is 27.5 Å². The highest BCUT2D eigenvalue weighted by Gasteiger charge is 2.41. The highest BCUT2D eigenvalue weighted by atomic mass is 19.4. The number of halogens is 3. The fourth-order valence-electron chi connectivity index (χ4n) is 1.99. The molecule has 0 aromatic heterocycles. The van der Waals surface area contributed by atoms with Crippen molar-refractivity contribution in [1.29, 1.82) is 0 Å². The molecule has 1 atom stereocenters. The number of carbonyl (C=O) groups is 2. The maximum Gasteiger partial charge on any atom is 0.471 e. The highest BCUT2D eigenvalue weighted by Crippen LogP contribution is 2.20. The van der Waals surface area contributed by atoms with Gasteiger partial charge in [-0.1, -0.05) is 12.1 Å². The van der Waals surface area contributed by atoms with Gasteiger partial charge in [-0.2, -0.15) is 13.2 Å². The average molecular weight is 347 g/mol. The first kappa shape index (κ1) is 19.9. The van der Waals surface area contributed by atoms with E-state index in [1.807, 2.05) is 0 Å². The third-order valence-corrected chi connectivity index (χ3v) is 3.23. The van der Waals surface area contributed by atoms with E-state index < -0.39 is 18.2 Å². The number of nitrogens with two attached hydrogens (primary N) is 1. The molecule has 2 amide bonds. The molecular formula is C15H20F3N3O3. The van der Waals surface area contributed by atoms with Gasteiger partial charge >= 0.3 is 12.1 Å². The molecule has 9 heteroatoms. The van der Waals surface area contributed by atoms with Gasteiger partial charge in [0, 0.05) is 32.9 Å². The molecule has 0 spiro atoms. The first-order chi connectivity index (χ1) is 11.2.